The van der Waals surface area contributed by atoms with Gasteiger partial charge in [0.05, 0.1) is 29.9 Å². The van der Waals surface area contributed by atoms with Gasteiger partial charge in [-0.15, -0.1) is 0 Å². The maximum absolute atomic E-state index is 13.4. The highest BCUT2D eigenvalue weighted by molar-refractivity contribution is 6.76. The molecule has 0 fully saturated rings. The second-order valence-electron chi connectivity index (χ2n) is 10.2. The molecular weight excluding hydrogens is 444 g/mol. The van der Waals surface area contributed by atoms with Gasteiger partial charge in [0.25, 0.3) is 5.56 Å². The fourth-order valence-corrected chi connectivity index (χ4v) is 5.87. The second-order valence-corrected chi connectivity index (χ2v) is 15.8. The third-order valence-corrected chi connectivity index (χ3v) is 8.54. The van der Waals surface area contributed by atoms with Crippen LogP contribution >= 0.6 is 0 Å². The van der Waals surface area contributed by atoms with Crippen LogP contribution < -0.4 is 10.3 Å². The summed E-state index contributed by atoms with van der Waals surface area (Å²) in [7, 11) is -1.28. The topological polar surface area (TPSA) is 81.4 Å². The average Bonchev–Trinajstić information content (AvgIpc) is 3.17. The van der Waals surface area contributed by atoms with Crippen molar-refractivity contribution in [2.75, 3.05) is 0 Å². The standard InChI is InChI=1S/C25H28N2O4Si.C2H6/c1-5-25(30)13-21(28)31-23-18(25)12-20-22-17(14-27(20)24(23)29)15(10-11-32(2,3)4)16-8-6-7-9-19(16)26-22;1-2/h6-9,12,30H,5,10-11,13-14H2,1-4H3;1-2H3/t25-;/m1./s1. The summed E-state index contributed by atoms with van der Waals surface area (Å²) in [6.45, 7) is 13.3. The molecule has 0 amide bonds. The number of esters is 1. The number of aryl methyl sites for hydroxylation is 1. The molecule has 0 radical (unpaired) electrons. The van der Waals surface area contributed by atoms with Gasteiger partial charge in [-0.05, 0) is 30.5 Å². The number of aliphatic hydroxyl groups is 1. The zero-order chi connectivity index (χ0) is 24.8. The van der Waals surface area contributed by atoms with Crippen LogP contribution in [0.4, 0.5) is 0 Å². The van der Waals surface area contributed by atoms with E-state index in [0.717, 1.165) is 34.6 Å². The first kappa shape index (κ1) is 24.4. The van der Waals surface area contributed by atoms with Crippen molar-refractivity contribution in [1.82, 2.24) is 9.55 Å². The molecular formula is C27H34N2O4Si. The quantitative estimate of drug-likeness (QED) is 0.320. The summed E-state index contributed by atoms with van der Waals surface area (Å²) >= 11 is 0. The maximum atomic E-state index is 13.4. The van der Waals surface area contributed by atoms with Gasteiger partial charge in [-0.3, -0.25) is 14.2 Å². The Hall–Kier alpha value is -2.77. The van der Waals surface area contributed by atoms with Crippen LogP contribution in [-0.2, 0) is 23.4 Å². The first-order chi connectivity index (χ1) is 16.1. The molecule has 0 spiro atoms. The molecule has 1 atom stereocenters. The van der Waals surface area contributed by atoms with Gasteiger partial charge in [0.15, 0.2) is 0 Å². The summed E-state index contributed by atoms with van der Waals surface area (Å²) in [4.78, 5) is 30.5. The van der Waals surface area contributed by atoms with Crippen LogP contribution in [0.25, 0.3) is 22.3 Å². The molecule has 4 heterocycles. The van der Waals surface area contributed by atoms with Gasteiger partial charge in [0.2, 0.25) is 5.75 Å². The summed E-state index contributed by atoms with van der Waals surface area (Å²) in [6.07, 6.45) is 1.10. The van der Waals surface area contributed by atoms with E-state index in [-0.39, 0.29) is 17.7 Å². The minimum Gasteiger partial charge on any atom is -0.420 e. The Balaban J connectivity index is 0.00000133. The van der Waals surface area contributed by atoms with E-state index in [9.17, 15) is 14.7 Å². The maximum Gasteiger partial charge on any atom is 0.314 e. The molecule has 7 heteroatoms. The molecule has 34 heavy (non-hydrogen) atoms. The van der Waals surface area contributed by atoms with Crippen LogP contribution in [0, 0.1) is 0 Å². The molecule has 3 aromatic rings. The van der Waals surface area contributed by atoms with Crippen LogP contribution in [0.15, 0.2) is 35.1 Å². The molecule has 0 saturated carbocycles. The van der Waals surface area contributed by atoms with Gasteiger partial charge in [-0.2, -0.15) is 0 Å². The second kappa shape index (κ2) is 8.78. The van der Waals surface area contributed by atoms with Crippen molar-refractivity contribution in [3.63, 3.8) is 0 Å². The number of aromatic nitrogens is 2. The third-order valence-electron chi connectivity index (χ3n) is 6.79. The number of nitrogens with zero attached hydrogens (tertiary/aromatic N) is 2. The van der Waals surface area contributed by atoms with Crippen LogP contribution in [0.1, 0.15) is 50.3 Å². The van der Waals surface area contributed by atoms with Gasteiger partial charge in [0.1, 0.15) is 5.60 Å². The molecule has 180 valence electrons. The van der Waals surface area contributed by atoms with Gasteiger partial charge in [0, 0.05) is 24.6 Å². The fourth-order valence-electron chi connectivity index (χ4n) is 4.87. The highest BCUT2D eigenvalue weighted by Gasteiger charge is 2.42. The van der Waals surface area contributed by atoms with E-state index in [1.165, 1.54) is 5.56 Å². The first-order valence-electron chi connectivity index (χ1n) is 12.2. The van der Waals surface area contributed by atoms with Crippen molar-refractivity contribution >= 4 is 24.9 Å². The monoisotopic (exact) mass is 478 g/mol. The number of pyridine rings is 2. The summed E-state index contributed by atoms with van der Waals surface area (Å²) in [5.74, 6) is -0.620. The van der Waals surface area contributed by atoms with E-state index >= 15 is 0 Å². The minimum absolute atomic E-state index is 0.0460. The lowest BCUT2D eigenvalue weighted by Gasteiger charge is -2.32. The Labute approximate surface area is 201 Å². The average molecular weight is 479 g/mol. The summed E-state index contributed by atoms with van der Waals surface area (Å²) in [6, 6.07) is 11.1. The molecule has 2 aliphatic rings. The Kier molecular flexibility index (Phi) is 6.29. The van der Waals surface area contributed by atoms with Crippen LogP contribution in [0.5, 0.6) is 5.75 Å². The molecule has 0 unspecified atom stereocenters. The van der Waals surface area contributed by atoms with Crippen molar-refractivity contribution in [3.8, 4) is 17.1 Å². The molecule has 2 aliphatic heterocycles. The molecule has 1 aromatic carbocycles. The Bertz CT molecular complexity index is 1340. The van der Waals surface area contributed by atoms with E-state index in [1.54, 1.807) is 11.5 Å². The van der Waals surface area contributed by atoms with E-state index in [4.69, 9.17) is 9.72 Å². The summed E-state index contributed by atoms with van der Waals surface area (Å²) in [5, 5.41) is 12.3. The minimum atomic E-state index is -1.40. The van der Waals surface area contributed by atoms with Crippen molar-refractivity contribution in [1.29, 1.82) is 0 Å². The summed E-state index contributed by atoms with van der Waals surface area (Å²) in [5.41, 5.74) is 3.31. The predicted octanol–water partition coefficient (Wildman–Crippen LogP) is 5.24. The number of hydrogen-bond acceptors (Lipinski definition) is 5. The number of carbonyl (C=O) groups is 1. The number of ether oxygens (including phenoxy) is 1. The van der Waals surface area contributed by atoms with Crippen molar-refractivity contribution in [2.45, 2.75) is 77.9 Å². The van der Waals surface area contributed by atoms with E-state index in [1.807, 2.05) is 38.1 Å². The van der Waals surface area contributed by atoms with Crippen molar-refractivity contribution in [2.24, 2.45) is 0 Å². The Morgan fingerprint density at radius 2 is 1.88 bits per heavy atom. The highest BCUT2D eigenvalue weighted by Crippen LogP contribution is 2.43. The highest BCUT2D eigenvalue weighted by atomic mass is 28.3. The fraction of sp³-hybridized carbons (Fsp3) is 0.444. The predicted molar refractivity (Wildman–Crippen MR) is 138 cm³/mol. The van der Waals surface area contributed by atoms with Crippen molar-refractivity contribution in [3.05, 3.63) is 57.4 Å². The van der Waals surface area contributed by atoms with E-state index in [0.29, 0.717) is 24.2 Å². The van der Waals surface area contributed by atoms with Crippen LogP contribution in [0.3, 0.4) is 0 Å². The lowest BCUT2D eigenvalue weighted by molar-refractivity contribution is -0.143. The lowest BCUT2D eigenvalue weighted by Crippen LogP contribution is -2.39. The molecule has 2 aromatic heterocycles. The zero-order valence-corrected chi connectivity index (χ0v) is 22.0. The molecule has 5 rings (SSSR count). The smallest absolute Gasteiger partial charge is 0.314 e. The number of para-hydroxylation sites is 1. The van der Waals surface area contributed by atoms with E-state index < -0.39 is 19.6 Å². The molecule has 6 nitrogen and oxygen atoms in total. The third kappa shape index (κ3) is 4.01. The van der Waals surface area contributed by atoms with Crippen LogP contribution in [-0.4, -0.2) is 28.7 Å². The van der Waals surface area contributed by atoms with Gasteiger partial charge in [-0.1, -0.05) is 64.7 Å². The Morgan fingerprint density at radius 3 is 2.56 bits per heavy atom. The van der Waals surface area contributed by atoms with Crippen LogP contribution in [0.2, 0.25) is 25.7 Å². The molecule has 0 bridgehead atoms. The van der Waals surface area contributed by atoms with Gasteiger partial charge >= 0.3 is 5.97 Å². The number of fused-ring (bicyclic) bond motifs is 5. The first-order valence-corrected chi connectivity index (χ1v) is 15.9. The lowest BCUT2D eigenvalue weighted by atomic mass is 9.85. The number of rotatable bonds is 4. The molecule has 0 aliphatic carbocycles. The van der Waals surface area contributed by atoms with Gasteiger partial charge in [-0.25, -0.2) is 4.98 Å². The number of benzene rings is 1. The SMILES string of the molecule is CC.CC[C@@]1(O)CC(=O)Oc2c1cc1n(c2=O)Cc2c-1nc1ccccc1c2CC[Si](C)(C)C. The van der Waals surface area contributed by atoms with Crippen molar-refractivity contribution < 1.29 is 14.6 Å². The largest absolute Gasteiger partial charge is 0.420 e. The molecule has 1 N–H and O–H groups in total. The number of hydrogen-bond donors (Lipinski definition) is 1. The zero-order valence-electron chi connectivity index (χ0n) is 21.0. The van der Waals surface area contributed by atoms with E-state index in [2.05, 4.69) is 25.7 Å². The number of carbonyl (C=O) groups excluding carboxylic acids is 1. The Morgan fingerprint density at radius 1 is 1.18 bits per heavy atom. The van der Waals surface area contributed by atoms with Gasteiger partial charge < -0.3 is 9.84 Å². The molecule has 0 saturated heterocycles. The normalized spacial score (nSPS) is 18.5. The summed E-state index contributed by atoms with van der Waals surface area (Å²) < 4.78 is 6.98.